The Balaban J connectivity index is 1.75. The fourth-order valence-electron chi connectivity index (χ4n) is 2.80. The van der Waals surface area contributed by atoms with E-state index in [4.69, 9.17) is 0 Å². The van der Waals surface area contributed by atoms with E-state index < -0.39 is 0 Å². The van der Waals surface area contributed by atoms with E-state index in [0.29, 0.717) is 16.7 Å². The summed E-state index contributed by atoms with van der Waals surface area (Å²) in [5.41, 5.74) is 2.22. The number of aromatic nitrogens is 8. The van der Waals surface area contributed by atoms with Crippen LogP contribution in [0.4, 0.5) is 4.39 Å². The monoisotopic (exact) mass is 348 g/mol. The molecular formula is C16H9FN8O. The number of hydrogen-bond acceptors (Lipinski definition) is 6. The van der Waals surface area contributed by atoms with E-state index >= 15 is 0 Å². The lowest BCUT2D eigenvalue weighted by Crippen LogP contribution is -2.26. The second-order valence-corrected chi connectivity index (χ2v) is 5.54. The zero-order valence-corrected chi connectivity index (χ0v) is 13.1. The molecule has 4 aromatic heterocycles. The van der Waals surface area contributed by atoms with E-state index in [1.807, 2.05) is 0 Å². The number of fused-ring (bicyclic) bond motifs is 3. The van der Waals surface area contributed by atoms with E-state index in [1.54, 1.807) is 35.1 Å². The van der Waals surface area contributed by atoms with Crippen LogP contribution in [0.2, 0.25) is 0 Å². The first-order chi connectivity index (χ1) is 12.7. The van der Waals surface area contributed by atoms with Crippen molar-refractivity contribution < 1.29 is 4.39 Å². The number of halogens is 1. The van der Waals surface area contributed by atoms with Gasteiger partial charge in [-0.2, -0.15) is 5.10 Å². The molecule has 0 spiro atoms. The van der Waals surface area contributed by atoms with Crippen molar-refractivity contribution in [1.29, 1.82) is 0 Å². The van der Waals surface area contributed by atoms with Crippen molar-refractivity contribution in [1.82, 2.24) is 39.4 Å². The Hall–Kier alpha value is -3.95. The fourth-order valence-corrected chi connectivity index (χ4v) is 2.80. The Morgan fingerprint density at radius 2 is 1.73 bits per heavy atom. The molecule has 0 aliphatic heterocycles. The van der Waals surface area contributed by atoms with Crippen molar-refractivity contribution in [2.45, 2.75) is 0 Å². The van der Waals surface area contributed by atoms with Gasteiger partial charge in [-0.05, 0) is 23.8 Å². The molecular weight excluding hydrogens is 339 g/mol. The van der Waals surface area contributed by atoms with Crippen LogP contribution in [-0.2, 0) is 0 Å². The number of nitrogens with zero attached hydrogens (tertiary/aromatic N) is 8. The lowest BCUT2D eigenvalue weighted by Gasteiger charge is -2.06. The maximum atomic E-state index is 13.2. The molecule has 1 aromatic carbocycles. The molecule has 9 nitrogen and oxygen atoms in total. The molecule has 26 heavy (non-hydrogen) atoms. The highest BCUT2D eigenvalue weighted by Crippen LogP contribution is 2.24. The van der Waals surface area contributed by atoms with E-state index in [2.05, 4.69) is 25.5 Å². The van der Waals surface area contributed by atoms with Gasteiger partial charge in [-0.15, -0.1) is 20.4 Å². The molecule has 0 saturated heterocycles. The average Bonchev–Trinajstić information content (AvgIpc) is 3.32. The Morgan fingerprint density at radius 1 is 0.962 bits per heavy atom. The van der Waals surface area contributed by atoms with Crippen molar-refractivity contribution in [3.8, 4) is 11.1 Å². The number of rotatable bonds is 2. The Morgan fingerprint density at radius 3 is 2.50 bits per heavy atom. The maximum Gasteiger partial charge on any atom is 0.299 e. The van der Waals surface area contributed by atoms with Crippen LogP contribution in [0.15, 0.2) is 60.2 Å². The molecule has 0 radical (unpaired) electrons. The van der Waals surface area contributed by atoms with Crippen LogP contribution < -0.4 is 5.56 Å². The zero-order chi connectivity index (χ0) is 17.7. The second-order valence-electron chi connectivity index (χ2n) is 5.54. The Kier molecular flexibility index (Phi) is 2.92. The number of hydrogen-bond donors (Lipinski definition) is 0. The lowest BCUT2D eigenvalue weighted by atomic mass is 10.1. The highest BCUT2D eigenvalue weighted by Gasteiger charge is 2.14. The molecule has 10 heteroatoms. The molecule has 0 aliphatic carbocycles. The van der Waals surface area contributed by atoms with Crippen molar-refractivity contribution in [2.75, 3.05) is 0 Å². The number of pyridine rings is 1. The van der Waals surface area contributed by atoms with Gasteiger partial charge in [0.25, 0.3) is 5.56 Å². The summed E-state index contributed by atoms with van der Waals surface area (Å²) in [7, 11) is 0. The van der Waals surface area contributed by atoms with Crippen molar-refractivity contribution >= 4 is 16.7 Å². The minimum absolute atomic E-state index is 0.155. The summed E-state index contributed by atoms with van der Waals surface area (Å²) in [6, 6.07) is 7.72. The minimum atomic E-state index is -0.379. The van der Waals surface area contributed by atoms with Crippen LogP contribution in [0.1, 0.15) is 0 Å². The van der Waals surface area contributed by atoms with Crippen molar-refractivity contribution in [3.63, 3.8) is 0 Å². The average molecular weight is 348 g/mol. The highest BCUT2D eigenvalue weighted by molar-refractivity contribution is 5.82. The van der Waals surface area contributed by atoms with Crippen LogP contribution in [0, 0.1) is 5.82 Å². The van der Waals surface area contributed by atoms with Crippen LogP contribution in [0.5, 0.6) is 0 Å². The third kappa shape index (κ3) is 2.02. The van der Waals surface area contributed by atoms with Gasteiger partial charge < -0.3 is 0 Å². The molecule has 4 heterocycles. The Bertz CT molecular complexity index is 1300. The predicted molar refractivity (Wildman–Crippen MR) is 88.8 cm³/mol. The summed E-state index contributed by atoms with van der Waals surface area (Å²) >= 11 is 0. The third-order valence-corrected chi connectivity index (χ3v) is 4.05. The topological polar surface area (TPSA) is 95.8 Å². The summed E-state index contributed by atoms with van der Waals surface area (Å²) in [6.07, 6.45) is 6.00. The van der Waals surface area contributed by atoms with E-state index in [0.717, 1.165) is 5.56 Å². The van der Waals surface area contributed by atoms with Gasteiger partial charge in [-0.3, -0.25) is 4.79 Å². The predicted octanol–water partition coefficient (Wildman–Crippen LogP) is 1.15. The lowest BCUT2D eigenvalue weighted by molar-refractivity contribution is 0.628. The van der Waals surface area contributed by atoms with Crippen molar-refractivity contribution in [3.05, 3.63) is 71.6 Å². The minimum Gasteiger partial charge on any atom is -0.265 e. The van der Waals surface area contributed by atoms with Gasteiger partial charge in [0.1, 0.15) is 24.0 Å². The van der Waals surface area contributed by atoms with Gasteiger partial charge in [0.2, 0.25) is 0 Å². The van der Waals surface area contributed by atoms with Crippen LogP contribution in [0.25, 0.3) is 27.8 Å². The molecule has 0 aliphatic rings. The van der Waals surface area contributed by atoms with Gasteiger partial charge >= 0.3 is 0 Å². The molecule has 0 fully saturated rings. The summed E-state index contributed by atoms with van der Waals surface area (Å²) in [6.45, 7) is 0. The van der Waals surface area contributed by atoms with Gasteiger partial charge in [0, 0.05) is 11.8 Å². The van der Waals surface area contributed by atoms with Crippen molar-refractivity contribution in [2.24, 2.45) is 0 Å². The van der Waals surface area contributed by atoms with Crippen LogP contribution >= 0.6 is 0 Å². The summed E-state index contributed by atoms with van der Waals surface area (Å²) < 4.78 is 17.4. The van der Waals surface area contributed by atoms with Crippen LogP contribution in [-0.4, -0.2) is 39.4 Å². The maximum absolute atomic E-state index is 13.2. The van der Waals surface area contributed by atoms with Gasteiger partial charge in [0.05, 0.1) is 6.20 Å². The molecule has 0 bridgehead atoms. The van der Waals surface area contributed by atoms with Gasteiger partial charge in [-0.25, -0.2) is 18.3 Å². The summed E-state index contributed by atoms with van der Waals surface area (Å²) in [5.74, 6) is -0.323. The molecule has 0 amide bonds. The normalized spacial score (nSPS) is 11.4. The molecule has 5 rings (SSSR count). The molecule has 0 unspecified atom stereocenters. The number of benzene rings is 1. The fraction of sp³-hybridized carbons (Fsp3) is 0. The smallest absolute Gasteiger partial charge is 0.265 e. The van der Waals surface area contributed by atoms with E-state index in [9.17, 15) is 9.18 Å². The first-order valence-corrected chi connectivity index (χ1v) is 7.59. The summed E-state index contributed by atoms with van der Waals surface area (Å²) in [5, 5.41) is 19.9. The van der Waals surface area contributed by atoms with Crippen LogP contribution in [0.3, 0.4) is 0 Å². The SMILES string of the molecule is O=c1c2nnc3c(-c4ccc(F)cc4)cnn3c2ccn1-n1cnnc1. The van der Waals surface area contributed by atoms with Gasteiger partial charge in [0.15, 0.2) is 11.2 Å². The summed E-state index contributed by atoms with van der Waals surface area (Å²) in [4.78, 5) is 12.7. The Labute approximate surface area is 143 Å². The molecule has 0 atom stereocenters. The highest BCUT2D eigenvalue weighted by atomic mass is 19.1. The standard InChI is InChI=1S/C16H9FN8O/c17-11-3-1-10(2-4-11)12-7-20-25-13-5-6-24(23-8-18-19-9-23)16(26)14(13)21-22-15(12)25/h1-9H. The molecule has 0 N–H and O–H groups in total. The first-order valence-electron chi connectivity index (χ1n) is 7.59. The quantitative estimate of drug-likeness (QED) is 0.475. The molecule has 5 aromatic rings. The first kappa shape index (κ1) is 14.4. The van der Waals surface area contributed by atoms with E-state index in [1.165, 1.54) is 34.1 Å². The third-order valence-electron chi connectivity index (χ3n) is 4.05. The van der Waals surface area contributed by atoms with Gasteiger partial charge in [-0.1, -0.05) is 12.1 Å². The molecule has 126 valence electrons. The largest absolute Gasteiger partial charge is 0.299 e. The van der Waals surface area contributed by atoms with E-state index in [-0.39, 0.29) is 16.9 Å². The second kappa shape index (κ2) is 5.28. The zero-order valence-electron chi connectivity index (χ0n) is 13.1. The molecule has 0 saturated carbocycles.